The molecular formula is C20H21F4N3O3. The number of aromatic nitrogens is 1. The molecule has 0 amide bonds. The van der Waals surface area contributed by atoms with Crippen LogP contribution in [0.2, 0.25) is 0 Å². The summed E-state index contributed by atoms with van der Waals surface area (Å²) in [6.07, 6.45) is -2.36. The highest BCUT2D eigenvalue weighted by molar-refractivity contribution is 5.95. The van der Waals surface area contributed by atoms with Gasteiger partial charge in [0.2, 0.25) is 5.43 Å². The third-order valence-electron chi connectivity index (χ3n) is 5.98. The maximum absolute atomic E-state index is 15.1. The molecule has 0 radical (unpaired) electrons. The minimum absolute atomic E-state index is 0.0822. The van der Waals surface area contributed by atoms with E-state index in [2.05, 4.69) is 0 Å². The van der Waals surface area contributed by atoms with E-state index in [4.69, 9.17) is 5.73 Å². The lowest BCUT2D eigenvalue weighted by Crippen LogP contribution is -2.31. The molecule has 1 aromatic heterocycles. The van der Waals surface area contributed by atoms with E-state index in [1.165, 1.54) is 9.47 Å². The van der Waals surface area contributed by atoms with Gasteiger partial charge in [0.15, 0.2) is 0 Å². The number of carboxylic acid groups (broad SMARTS) is 1. The first-order valence-corrected chi connectivity index (χ1v) is 9.73. The summed E-state index contributed by atoms with van der Waals surface area (Å²) in [4.78, 5) is 25.4. The third kappa shape index (κ3) is 3.32. The van der Waals surface area contributed by atoms with E-state index in [-0.39, 0.29) is 31.1 Å². The summed E-state index contributed by atoms with van der Waals surface area (Å²) in [5.74, 6) is -2.84. The molecule has 162 valence electrons. The zero-order chi connectivity index (χ0) is 22.0. The zero-order valence-electron chi connectivity index (χ0n) is 16.2. The Labute approximate surface area is 168 Å². The lowest BCUT2D eigenvalue weighted by molar-refractivity contribution is -0.136. The van der Waals surface area contributed by atoms with Crippen LogP contribution in [-0.4, -0.2) is 34.8 Å². The molecule has 1 saturated carbocycles. The van der Waals surface area contributed by atoms with Gasteiger partial charge in [-0.1, -0.05) is 0 Å². The number of anilines is 1. The van der Waals surface area contributed by atoms with Crippen LogP contribution in [0.4, 0.5) is 23.2 Å². The zero-order valence-corrected chi connectivity index (χ0v) is 16.2. The Bertz CT molecular complexity index is 1090. The molecule has 1 saturated heterocycles. The topological polar surface area (TPSA) is 88.6 Å². The number of benzene rings is 1. The molecule has 2 aliphatic rings. The van der Waals surface area contributed by atoms with Gasteiger partial charge in [0, 0.05) is 31.4 Å². The Morgan fingerprint density at radius 3 is 2.47 bits per heavy atom. The molecule has 1 unspecified atom stereocenters. The number of pyridine rings is 1. The van der Waals surface area contributed by atoms with Gasteiger partial charge in [0.1, 0.15) is 16.9 Å². The molecule has 2 heterocycles. The van der Waals surface area contributed by atoms with Crippen molar-refractivity contribution < 1.29 is 27.5 Å². The van der Waals surface area contributed by atoms with Crippen molar-refractivity contribution in [1.82, 2.24) is 4.57 Å². The van der Waals surface area contributed by atoms with Crippen LogP contribution >= 0.6 is 0 Å². The van der Waals surface area contributed by atoms with Crippen molar-refractivity contribution in [2.75, 3.05) is 18.0 Å². The van der Waals surface area contributed by atoms with Gasteiger partial charge in [-0.25, -0.2) is 9.18 Å². The van der Waals surface area contributed by atoms with Gasteiger partial charge < -0.3 is 20.3 Å². The first-order valence-electron chi connectivity index (χ1n) is 9.73. The van der Waals surface area contributed by atoms with Gasteiger partial charge in [-0.2, -0.15) is 13.2 Å². The summed E-state index contributed by atoms with van der Waals surface area (Å²) in [5, 5.41) is 8.74. The maximum Gasteiger partial charge on any atom is 0.420 e. The molecule has 0 bridgehead atoms. The Morgan fingerprint density at radius 1 is 1.30 bits per heavy atom. The van der Waals surface area contributed by atoms with E-state index in [0.29, 0.717) is 19.3 Å². The van der Waals surface area contributed by atoms with Gasteiger partial charge in [-0.3, -0.25) is 4.79 Å². The highest BCUT2D eigenvalue weighted by Crippen LogP contribution is 2.46. The van der Waals surface area contributed by atoms with E-state index < -0.39 is 51.1 Å². The minimum atomic E-state index is -4.95. The van der Waals surface area contributed by atoms with E-state index >= 15 is 4.39 Å². The number of nitrogens with two attached hydrogens (primary N) is 1. The number of carbonyl (C=O) groups is 1. The molecule has 30 heavy (non-hydrogen) atoms. The van der Waals surface area contributed by atoms with Crippen LogP contribution in [0.5, 0.6) is 0 Å². The Hall–Kier alpha value is -2.62. The number of fused-ring (bicyclic) bond motifs is 1. The average molecular weight is 427 g/mol. The van der Waals surface area contributed by atoms with Crippen molar-refractivity contribution in [3.8, 4) is 0 Å². The van der Waals surface area contributed by atoms with E-state index in [0.717, 1.165) is 12.3 Å². The van der Waals surface area contributed by atoms with Crippen LogP contribution in [0.1, 0.15) is 48.1 Å². The van der Waals surface area contributed by atoms with Crippen LogP contribution in [-0.2, 0) is 6.18 Å². The fraction of sp³-hybridized carbons (Fsp3) is 0.500. The summed E-state index contributed by atoms with van der Waals surface area (Å²) in [5.41, 5.74) is 1.79. The molecule has 1 aliphatic heterocycles. The first-order chi connectivity index (χ1) is 14.0. The number of rotatable bonds is 4. The molecule has 2 aromatic rings. The lowest BCUT2D eigenvalue weighted by Gasteiger charge is -2.27. The van der Waals surface area contributed by atoms with Crippen LogP contribution in [0.3, 0.4) is 0 Å². The fourth-order valence-electron chi connectivity index (χ4n) is 4.27. The third-order valence-corrected chi connectivity index (χ3v) is 5.98. The molecule has 3 N–H and O–H groups in total. The summed E-state index contributed by atoms with van der Waals surface area (Å²) in [7, 11) is 0. The van der Waals surface area contributed by atoms with Crippen LogP contribution < -0.4 is 16.1 Å². The molecule has 2 atom stereocenters. The second-order valence-corrected chi connectivity index (χ2v) is 8.15. The lowest BCUT2D eigenvalue weighted by atomic mass is 10.0. The average Bonchev–Trinajstić information content (AvgIpc) is 3.36. The summed E-state index contributed by atoms with van der Waals surface area (Å²) >= 11 is 0. The molecule has 2 fully saturated rings. The number of hydrogen-bond acceptors (Lipinski definition) is 4. The van der Waals surface area contributed by atoms with Crippen molar-refractivity contribution in [3.63, 3.8) is 0 Å². The molecule has 4 rings (SSSR count). The number of alkyl halides is 3. The Morgan fingerprint density at radius 2 is 1.97 bits per heavy atom. The fourth-order valence-corrected chi connectivity index (χ4v) is 4.27. The van der Waals surface area contributed by atoms with Crippen molar-refractivity contribution in [3.05, 3.63) is 39.4 Å². The second kappa shape index (κ2) is 6.97. The quantitative estimate of drug-likeness (QED) is 0.731. The van der Waals surface area contributed by atoms with Crippen molar-refractivity contribution >= 4 is 22.6 Å². The summed E-state index contributed by atoms with van der Waals surface area (Å²) < 4.78 is 59.1. The van der Waals surface area contributed by atoms with Gasteiger partial charge in [0.25, 0.3) is 0 Å². The van der Waals surface area contributed by atoms with Crippen molar-refractivity contribution in [2.45, 2.75) is 44.4 Å². The van der Waals surface area contributed by atoms with Crippen LogP contribution in [0, 0.1) is 11.7 Å². The normalized spacial score (nSPS) is 20.7. The van der Waals surface area contributed by atoms with Gasteiger partial charge >= 0.3 is 12.1 Å². The molecular weight excluding hydrogens is 406 g/mol. The highest BCUT2D eigenvalue weighted by Gasteiger charge is 2.43. The number of aromatic carboxylic acids is 1. The maximum atomic E-state index is 15.1. The van der Waals surface area contributed by atoms with Gasteiger partial charge in [-0.15, -0.1) is 0 Å². The molecule has 10 heteroatoms. The summed E-state index contributed by atoms with van der Waals surface area (Å²) in [6.45, 7) is 2.14. The van der Waals surface area contributed by atoms with Crippen LogP contribution in [0.15, 0.2) is 17.1 Å². The largest absolute Gasteiger partial charge is 0.477 e. The van der Waals surface area contributed by atoms with Gasteiger partial charge in [-0.05, 0) is 38.2 Å². The smallest absolute Gasteiger partial charge is 0.420 e. The van der Waals surface area contributed by atoms with Gasteiger partial charge in [0.05, 0.1) is 16.6 Å². The first kappa shape index (κ1) is 20.6. The number of carboxylic acids is 1. The summed E-state index contributed by atoms with van der Waals surface area (Å²) in [6, 6.07) is 0.129. The highest BCUT2D eigenvalue weighted by atomic mass is 19.4. The standard InChI is InChI=1S/C20H21F4N3O3/c1-9(25)10-4-5-26(7-10)17-14(21)6-12-16(15(17)20(22,23)24)27(11-2-3-11)8-13(18(12)28)19(29)30/h6,8-11H,2-5,7,25H2,1H3,(H,29,30)/t9?,10-/m0/s1. The molecule has 0 spiro atoms. The number of hydrogen-bond donors (Lipinski definition) is 2. The number of nitrogens with zero attached hydrogens (tertiary/aromatic N) is 2. The Balaban J connectivity index is 2.06. The van der Waals surface area contributed by atoms with Crippen LogP contribution in [0.25, 0.3) is 10.9 Å². The van der Waals surface area contributed by atoms with E-state index in [1.807, 2.05) is 0 Å². The van der Waals surface area contributed by atoms with E-state index in [1.54, 1.807) is 6.92 Å². The monoisotopic (exact) mass is 427 g/mol. The van der Waals surface area contributed by atoms with Crippen molar-refractivity contribution in [2.24, 2.45) is 11.7 Å². The molecule has 1 aromatic carbocycles. The van der Waals surface area contributed by atoms with E-state index in [9.17, 15) is 27.9 Å². The second-order valence-electron chi connectivity index (χ2n) is 8.15. The molecule has 6 nitrogen and oxygen atoms in total. The predicted molar refractivity (Wildman–Crippen MR) is 102 cm³/mol. The van der Waals surface area contributed by atoms with Crippen molar-refractivity contribution in [1.29, 1.82) is 0 Å². The number of halogens is 4. The Kier molecular flexibility index (Phi) is 4.80. The predicted octanol–water partition coefficient (Wildman–Crippen LogP) is 3.37. The minimum Gasteiger partial charge on any atom is -0.477 e. The molecule has 1 aliphatic carbocycles. The SMILES string of the molecule is CC(N)[C@H]1CCN(c2c(F)cc3c(=O)c(C(=O)O)cn(C4CC4)c3c2C(F)(F)F)C1.